The molecule has 0 radical (unpaired) electrons. The summed E-state index contributed by atoms with van der Waals surface area (Å²) in [6, 6.07) is 10.3. The number of benzene rings is 1. The number of nitrogens with zero attached hydrogens (tertiary/aromatic N) is 2. The maximum absolute atomic E-state index is 13.2. The minimum Gasteiger partial charge on any atom is -0.341 e. The van der Waals surface area contributed by atoms with Crippen LogP contribution in [0.1, 0.15) is 48.4 Å². The van der Waals surface area contributed by atoms with E-state index in [0.29, 0.717) is 11.8 Å². The normalized spacial score (nSPS) is 22.8. The maximum Gasteiger partial charge on any atom is 0.233 e. The smallest absolute Gasteiger partial charge is 0.233 e. The Bertz CT molecular complexity index is 702. The van der Waals surface area contributed by atoms with Crippen LogP contribution < -0.4 is 0 Å². The Hall–Kier alpha value is -2.10. The van der Waals surface area contributed by atoms with E-state index in [1.165, 1.54) is 16.8 Å². The van der Waals surface area contributed by atoms with Crippen molar-refractivity contribution in [2.45, 2.75) is 43.9 Å². The Morgan fingerprint density at radius 1 is 1.30 bits per heavy atom. The molecule has 4 rings (SSSR count). The Labute approximate surface area is 136 Å². The molecule has 2 heterocycles. The first kappa shape index (κ1) is 14.5. The van der Waals surface area contributed by atoms with Crippen LogP contribution in [-0.2, 0) is 10.2 Å². The van der Waals surface area contributed by atoms with E-state index in [0.717, 1.165) is 38.8 Å². The van der Waals surface area contributed by atoms with Crippen molar-refractivity contribution in [2.24, 2.45) is 0 Å². The molecule has 0 bridgehead atoms. The number of aromatic amines is 1. The van der Waals surface area contributed by atoms with Crippen LogP contribution in [0.5, 0.6) is 0 Å². The summed E-state index contributed by atoms with van der Waals surface area (Å²) in [6.45, 7) is 3.79. The van der Waals surface area contributed by atoms with Crippen LogP contribution in [-0.4, -0.2) is 34.1 Å². The van der Waals surface area contributed by atoms with Gasteiger partial charge < -0.3 is 4.90 Å². The lowest BCUT2D eigenvalue weighted by Gasteiger charge is -2.35. The molecule has 23 heavy (non-hydrogen) atoms. The molecule has 4 nitrogen and oxygen atoms in total. The van der Waals surface area contributed by atoms with Gasteiger partial charge in [0.25, 0.3) is 0 Å². The number of aromatic nitrogens is 2. The molecule has 1 unspecified atom stereocenters. The van der Waals surface area contributed by atoms with E-state index < -0.39 is 0 Å². The van der Waals surface area contributed by atoms with Gasteiger partial charge in [0, 0.05) is 24.7 Å². The highest BCUT2D eigenvalue weighted by molar-refractivity contribution is 5.91. The van der Waals surface area contributed by atoms with Crippen LogP contribution in [0.4, 0.5) is 0 Å². The average molecular weight is 309 g/mol. The lowest BCUT2D eigenvalue weighted by molar-refractivity contribution is -0.135. The van der Waals surface area contributed by atoms with Crippen molar-refractivity contribution in [1.82, 2.24) is 15.1 Å². The summed E-state index contributed by atoms with van der Waals surface area (Å²) in [7, 11) is 0. The number of likely N-dealkylation sites (tertiary alicyclic amines) is 1. The third-order valence-electron chi connectivity index (χ3n) is 5.47. The van der Waals surface area contributed by atoms with E-state index in [4.69, 9.17) is 0 Å². The highest BCUT2D eigenvalue weighted by Gasteiger charge is 2.53. The topological polar surface area (TPSA) is 49.0 Å². The summed E-state index contributed by atoms with van der Waals surface area (Å²) >= 11 is 0. The quantitative estimate of drug-likeness (QED) is 0.947. The van der Waals surface area contributed by atoms with Crippen LogP contribution in [0, 0.1) is 6.92 Å². The highest BCUT2D eigenvalue weighted by Crippen LogP contribution is 2.50. The molecule has 2 aromatic rings. The number of hydrogen-bond donors (Lipinski definition) is 1. The fourth-order valence-corrected chi connectivity index (χ4v) is 3.98. The Balaban J connectivity index is 1.54. The average Bonchev–Trinajstić information content (AvgIpc) is 3.31. The van der Waals surface area contributed by atoms with Crippen LogP contribution >= 0.6 is 0 Å². The molecular formula is C19H23N3O. The third-order valence-corrected chi connectivity index (χ3v) is 5.47. The molecule has 1 N–H and O–H groups in total. The molecular weight excluding hydrogens is 286 g/mol. The van der Waals surface area contributed by atoms with Crippen molar-refractivity contribution >= 4 is 5.91 Å². The molecule has 1 saturated heterocycles. The summed E-state index contributed by atoms with van der Waals surface area (Å²) < 4.78 is 0. The molecule has 120 valence electrons. The molecule has 1 atom stereocenters. The number of carbonyl (C=O) groups is 1. The van der Waals surface area contributed by atoms with Crippen molar-refractivity contribution in [1.29, 1.82) is 0 Å². The molecule has 4 heteroatoms. The largest absolute Gasteiger partial charge is 0.341 e. The fourth-order valence-electron chi connectivity index (χ4n) is 3.98. The van der Waals surface area contributed by atoms with Crippen LogP contribution in [0.15, 0.2) is 36.5 Å². The maximum atomic E-state index is 13.2. The second-order valence-corrected chi connectivity index (χ2v) is 7.01. The first-order valence-electron chi connectivity index (χ1n) is 8.55. The number of amides is 1. The van der Waals surface area contributed by atoms with Crippen molar-refractivity contribution < 1.29 is 4.79 Å². The van der Waals surface area contributed by atoms with Crippen LogP contribution in [0.2, 0.25) is 0 Å². The lowest BCUT2D eigenvalue weighted by atomic mass is 9.89. The van der Waals surface area contributed by atoms with Gasteiger partial charge in [0.05, 0.1) is 11.6 Å². The zero-order valence-electron chi connectivity index (χ0n) is 13.6. The molecule has 2 fully saturated rings. The van der Waals surface area contributed by atoms with Gasteiger partial charge >= 0.3 is 0 Å². The van der Waals surface area contributed by atoms with Gasteiger partial charge in [-0.1, -0.05) is 30.3 Å². The van der Waals surface area contributed by atoms with E-state index >= 15 is 0 Å². The molecule has 1 aromatic carbocycles. The molecule has 1 aliphatic heterocycles. The highest BCUT2D eigenvalue weighted by atomic mass is 16.2. The predicted molar refractivity (Wildman–Crippen MR) is 89.2 cm³/mol. The summed E-state index contributed by atoms with van der Waals surface area (Å²) in [4.78, 5) is 15.3. The van der Waals surface area contributed by atoms with Crippen LogP contribution in [0.25, 0.3) is 0 Å². The van der Waals surface area contributed by atoms with Crippen LogP contribution in [0.3, 0.4) is 0 Å². The van der Waals surface area contributed by atoms with E-state index in [2.05, 4.69) is 34.2 Å². The molecule has 2 aliphatic rings. The van der Waals surface area contributed by atoms with Gasteiger partial charge in [-0.3, -0.25) is 9.89 Å². The standard InChI is InChI=1S/C19H23N3O/c1-14-12-20-21-17(14)15-6-5-11-22(13-15)18(23)19(9-10-19)16-7-3-2-4-8-16/h2-4,7-8,12,15H,5-6,9-11,13H2,1H3,(H,20,21). The van der Waals surface area contributed by atoms with Crippen molar-refractivity contribution in [3.05, 3.63) is 53.3 Å². The lowest BCUT2D eigenvalue weighted by Crippen LogP contribution is -2.44. The number of piperidine rings is 1. The summed E-state index contributed by atoms with van der Waals surface area (Å²) in [5.41, 5.74) is 3.34. The van der Waals surface area contributed by atoms with Gasteiger partial charge in [-0.25, -0.2) is 0 Å². The zero-order chi connectivity index (χ0) is 15.9. The Morgan fingerprint density at radius 3 is 2.74 bits per heavy atom. The van der Waals surface area contributed by atoms with Gasteiger partial charge in [0.2, 0.25) is 5.91 Å². The molecule has 1 saturated carbocycles. The summed E-state index contributed by atoms with van der Waals surface area (Å²) in [5, 5.41) is 7.28. The molecule has 1 aliphatic carbocycles. The molecule has 1 aromatic heterocycles. The second-order valence-electron chi connectivity index (χ2n) is 7.01. The Kier molecular flexibility index (Phi) is 3.47. The first-order valence-corrected chi connectivity index (χ1v) is 8.55. The number of aryl methyl sites for hydroxylation is 1. The monoisotopic (exact) mass is 309 g/mol. The van der Waals surface area contributed by atoms with Crippen molar-refractivity contribution in [3.63, 3.8) is 0 Å². The van der Waals surface area contributed by atoms with Crippen molar-refractivity contribution in [2.75, 3.05) is 13.1 Å². The van der Waals surface area contributed by atoms with Gasteiger partial charge in [0.1, 0.15) is 0 Å². The number of H-pyrrole nitrogens is 1. The van der Waals surface area contributed by atoms with Gasteiger partial charge in [-0.05, 0) is 43.7 Å². The molecule has 0 spiro atoms. The van der Waals surface area contributed by atoms with Gasteiger partial charge in [0.15, 0.2) is 0 Å². The van der Waals surface area contributed by atoms with E-state index in [1.807, 2.05) is 24.4 Å². The first-order chi connectivity index (χ1) is 11.2. The number of nitrogens with one attached hydrogen (secondary N) is 1. The minimum absolute atomic E-state index is 0.244. The van der Waals surface area contributed by atoms with Crippen molar-refractivity contribution in [3.8, 4) is 0 Å². The third kappa shape index (κ3) is 2.46. The summed E-state index contributed by atoms with van der Waals surface area (Å²) in [6.07, 6.45) is 6.05. The minimum atomic E-state index is -0.244. The molecule has 1 amide bonds. The summed E-state index contributed by atoms with van der Waals surface area (Å²) in [5.74, 6) is 0.715. The Morgan fingerprint density at radius 2 is 2.09 bits per heavy atom. The number of rotatable bonds is 3. The van der Waals surface area contributed by atoms with E-state index in [-0.39, 0.29) is 5.41 Å². The van der Waals surface area contributed by atoms with E-state index in [9.17, 15) is 4.79 Å². The predicted octanol–water partition coefficient (Wildman–Crippen LogP) is 3.16. The number of hydrogen-bond acceptors (Lipinski definition) is 2. The van der Waals surface area contributed by atoms with Gasteiger partial charge in [-0.2, -0.15) is 5.10 Å². The number of carbonyl (C=O) groups excluding carboxylic acids is 1. The second kappa shape index (κ2) is 5.52. The fraction of sp³-hybridized carbons (Fsp3) is 0.474. The van der Waals surface area contributed by atoms with Gasteiger partial charge in [-0.15, -0.1) is 0 Å². The SMILES string of the molecule is Cc1cn[nH]c1C1CCCN(C(=O)C2(c3ccccc3)CC2)C1. The zero-order valence-corrected chi connectivity index (χ0v) is 13.6. The van der Waals surface area contributed by atoms with E-state index in [1.54, 1.807) is 0 Å².